The molecule has 1 unspecified atom stereocenters. The number of thiophene rings is 1. The van der Waals surface area contributed by atoms with E-state index >= 15 is 0 Å². The van der Waals surface area contributed by atoms with Gasteiger partial charge in [-0.05, 0) is 73.8 Å². The molecule has 35 heavy (non-hydrogen) atoms. The predicted octanol–water partition coefficient (Wildman–Crippen LogP) is 4.81. The van der Waals surface area contributed by atoms with Crippen LogP contribution in [0.1, 0.15) is 59.2 Å². The van der Waals surface area contributed by atoms with Gasteiger partial charge in [0.15, 0.2) is 10.7 Å². The third kappa shape index (κ3) is 4.98. The maximum absolute atomic E-state index is 13.5. The number of carbonyl (C=O) groups is 1. The van der Waals surface area contributed by atoms with Crippen molar-refractivity contribution < 1.29 is 17.7 Å². The Hall–Kier alpha value is -2.75. The molecule has 184 valence electrons. The van der Waals surface area contributed by atoms with Gasteiger partial charge in [-0.25, -0.2) is 8.42 Å². The summed E-state index contributed by atoms with van der Waals surface area (Å²) in [6.07, 6.45) is 7.49. The average molecular weight is 512 g/mol. The van der Waals surface area contributed by atoms with Crippen LogP contribution in [-0.4, -0.2) is 36.9 Å². The normalized spacial score (nSPS) is 19.6. The molecule has 1 aromatic carbocycles. The maximum atomic E-state index is 13.5. The third-order valence-corrected chi connectivity index (χ3v) is 9.78. The maximum Gasteiger partial charge on any atom is 0.248 e. The predicted molar refractivity (Wildman–Crippen MR) is 136 cm³/mol. The summed E-state index contributed by atoms with van der Waals surface area (Å²) < 4.78 is 33.7. The van der Waals surface area contributed by atoms with Crippen LogP contribution >= 0.6 is 11.3 Å². The molecule has 7 nitrogen and oxygen atoms in total. The molecule has 1 aliphatic carbocycles. The molecule has 1 amide bonds. The molecular formula is C26H29N3O4S2. The second kappa shape index (κ2) is 10.1. The Morgan fingerprint density at radius 1 is 1.14 bits per heavy atom. The zero-order chi connectivity index (χ0) is 24.4. The summed E-state index contributed by atoms with van der Waals surface area (Å²) in [5, 5.41) is 9.10. The Morgan fingerprint density at radius 3 is 2.71 bits per heavy atom. The molecule has 0 saturated carbocycles. The smallest absolute Gasteiger partial charge is 0.248 e. The van der Waals surface area contributed by atoms with Crippen LogP contribution in [0.5, 0.6) is 0 Å². The van der Waals surface area contributed by atoms with E-state index in [0.29, 0.717) is 31.6 Å². The number of amides is 1. The number of nitrogens with one attached hydrogen (secondary N) is 1. The topological polar surface area (TPSA) is 92.5 Å². The molecule has 1 saturated heterocycles. The molecule has 1 aliphatic heterocycles. The van der Waals surface area contributed by atoms with Crippen molar-refractivity contribution in [2.75, 3.05) is 13.1 Å². The van der Waals surface area contributed by atoms with Gasteiger partial charge in [-0.2, -0.15) is 4.31 Å². The first kappa shape index (κ1) is 24.0. The van der Waals surface area contributed by atoms with E-state index in [2.05, 4.69) is 22.6 Å². The number of rotatable bonds is 6. The van der Waals surface area contributed by atoms with E-state index in [1.54, 1.807) is 24.3 Å². The number of fused-ring (bicyclic) bond motifs is 1. The molecule has 3 aromatic rings. The van der Waals surface area contributed by atoms with E-state index in [1.165, 1.54) is 15.4 Å². The Kier molecular flexibility index (Phi) is 6.91. The van der Waals surface area contributed by atoms with Gasteiger partial charge < -0.3 is 9.84 Å². The van der Waals surface area contributed by atoms with Gasteiger partial charge in [-0.1, -0.05) is 35.5 Å². The summed E-state index contributed by atoms with van der Waals surface area (Å²) in [6, 6.07) is 12.2. The van der Waals surface area contributed by atoms with Crippen molar-refractivity contribution >= 4 is 39.4 Å². The van der Waals surface area contributed by atoms with Gasteiger partial charge in [0.25, 0.3) is 0 Å². The van der Waals surface area contributed by atoms with Crippen LogP contribution < -0.4 is 5.32 Å². The Labute approximate surface area is 209 Å². The van der Waals surface area contributed by atoms with E-state index in [0.717, 1.165) is 24.1 Å². The minimum Gasteiger partial charge on any atom is -0.355 e. The fourth-order valence-corrected chi connectivity index (χ4v) is 7.36. The van der Waals surface area contributed by atoms with E-state index in [1.807, 2.05) is 35.7 Å². The number of sulfonamides is 1. The molecule has 1 N–H and O–H groups in total. The number of aromatic nitrogens is 1. The quantitative estimate of drug-likeness (QED) is 0.513. The summed E-state index contributed by atoms with van der Waals surface area (Å²) in [7, 11) is -3.79. The van der Waals surface area contributed by atoms with Crippen LogP contribution in [0.15, 0.2) is 51.2 Å². The van der Waals surface area contributed by atoms with Gasteiger partial charge in [-0.3, -0.25) is 4.79 Å². The lowest BCUT2D eigenvalue weighted by molar-refractivity contribution is -0.127. The van der Waals surface area contributed by atoms with Crippen molar-refractivity contribution in [3.8, 4) is 0 Å². The van der Waals surface area contributed by atoms with E-state index in [9.17, 15) is 13.2 Å². The highest BCUT2D eigenvalue weighted by molar-refractivity contribution is 7.89. The summed E-state index contributed by atoms with van der Waals surface area (Å²) in [4.78, 5) is 14.2. The number of carbonyl (C=O) groups excluding carboxylic acids is 1. The molecule has 0 spiro atoms. The van der Waals surface area contributed by atoms with Gasteiger partial charge in [0.2, 0.25) is 15.9 Å². The second-order valence-corrected chi connectivity index (χ2v) is 12.0. The van der Waals surface area contributed by atoms with Crippen LogP contribution in [0.3, 0.4) is 0 Å². The van der Waals surface area contributed by atoms with Gasteiger partial charge in [0.05, 0.1) is 6.04 Å². The Bertz CT molecular complexity index is 1320. The Morgan fingerprint density at radius 2 is 1.94 bits per heavy atom. The lowest BCUT2D eigenvalue weighted by Crippen LogP contribution is -2.44. The lowest BCUT2D eigenvalue weighted by atomic mass is 9.87. The third-order valence-electron chi connectivity index (χ3n) is 6.88. The van der Waals surface area contributed by atoms with Crippen LogP contribution in [0, 0.1) is 12.8 Å². The highest BCUT2D eigenvalue weighted by Gasteiger charge is 2.36. The SMILES string of the molecule is Cc1noc(/C=C/c2cccs2)c1S(=O)(=O)N1CCC(C(=O)NC2CCCc3ccccc32)CC1. The molecule has 3 heterocycles. The van der Waals surface area contributed by atoms with Crippen molar-refractivity contribution in [2.45, 2.75) is 50.0 Å². The fraction of sp³-hybridized carbons (Fsp3) is 0.385. The molecule has 9 heteroatoms. The molecule has 0 radical (unpaired) electrons. The zero-order valence-electron chi connectivity index (χ0n) is 19.6. The monoisotopic (exact) mass is 511 g/mol. The zero-order valence-corrected chi connectivity index (χ0v) is 21.3. The summed E-state index contributed by atoms with van der Waals surface area (Å²) in [6.45, 7) is 2.22. The number of hydrogen-bond acceptors (Lipinski definition) is 6. The molecule has 2 aromatic heterocycles. The number of aryl methyl sites for hydroxylation is 2. The minimum absolute atomic E-state index is 0.0180. The van der Waals surface area contributed by atoms with Crippen molar-refractivity contribution in [3.63, 3.8) is 0 Å². The minimum atomic E-state index is -3.79. The highest BCUT2D eigenvalue weighted by Crippen LogP contribution is 2.32. The fourth-order valence-electron chi connectivity index (χ4n) is 5.02. The molecular weight excluding hydrogens is 482 g/mol. The second-order valence-electron chi connectivity index (χ2n) is 9.14. The van der Waals surface area contributed by atoms with E-state index in [-0.39, 0.29) is 28.5 Å². The molecule has 0 bridgehead atoms. The number of nitrogens with zero attached hydrogens (tertiary/aromatic N) is 2. The standard InChI is InChI=1S/C26H29N3O4S2/c1-18-25(24(33-28-18)12-11-21-8-5-17-34-21)35(31,32)29-15-13-20(14-16-29)26(30)27-23-10-4-7-19-6-2-3-9-22(19)23/h2-3,5-6,8-9,11-12,17,20,23H,4,7,10,13-16H2,1H3,(H,27,30)/b12-11+. The first-order valence-electron chi connectivity index (χ1n) is 12.0. The summed E-state index contributed by atoms with van der Waals surface area (Å²) in [5.74, 6) is 0.0496. The summed E-state index contributed by atoms with van der Waals surface area (Å²) >= 11 is 1.56. The van der Waals surface area contributed by atoms with E-state index < -0.39 is 10.0 Å². The van der Waals surface area contributed by atoms with Crippen molar-refractivity contribution in [1.82, 2.24) is 14.8 Å². The van der Waals surface area contributed by atoms with Crippen LogP contribution in [-0.2, 0) is 21.2 Å². The Balaban J connectivity index is 1.24. The highest BCUT2D eigenvalue weighted by atomic mass is 32.2. The number of piperidine rings is 1. The van der Waals surface area contributed by atoms with Crippen molar-refractivity contribution in [3.05, 3.63) is 69.2 Å². The van der Waals surface area contributed by atoms with Crippen LogP contribution in [0.2, 0.25) is 0 Å². The van der Waals surface area contributed by atoms with E-state index in [4.69, 9.17) is 4.52 Å². The lowest BCUT2D eigenvalue weighted by Gasteiger charge is -2.32. The van der Waals surface area contributed by atoms with Gasteiger partial charge >= 0.3 is 0 Å². The first-order chi connectivity index (χ1) is 16.9. The number of hydrogen-bond donors (Lipinski definition) is 1. The van der Waals surface area contributed by atoms with Crippen LogP contribution in [0.4, 0.5) is 0 Å². The van der Waals surface area contributed by atoms with Crippen molar-refractivity contribution in [2.24, 2.45) is 5.92 Å². The van der Waals surface area contributed by atoms with Crippen molar-refractivity contribution in [1.29, 1.82) is 0 Å². The molecule has 5 rings (SSSR count). The largest absolute Gasteiger partial charge is 0.355 e. The van der Waals surface area contributed by atoms with Gasteiger partial charge in [-0.15, -0.1) is 11.3 Å². The average Bonchev–Trinajstić information content (AvgIpc) is 3.53. The number of benzene rings is 1. The summed E-state index contributed by atoms with van der Waals surface area (Å²) in [5.41, 5.74) is 2.85. The van der Waals surface area contributed by atoms with Crippen LogP contribution in [0.25, 0.3) is 12.2 Å². The first-order valence-corrected chi connectivity index (χ1v) is 14.3. The molecule has 1 fully saturated rings. The van der Waals surface area contributed by atoms with Gasteiger partial charge in [0, 0.05) is 23.9 Å². The molecule has 2 aliphatic rings. The molecule has 1 atom stereocenters. The van der Waals surface area contributed by atoms with Gasteiger partial charge in [0.1, 0.15) is 5.69 Å².